The Kier molecular flexibility index (Phi) is 5.88. The van der Waals surface area contributed by atoms with E-state index in [4.69, 9.17) is 5.84 Å². The molecule has 1 aromatic heterocycles. The second-order valence-corrected chi connectivity index (χ2v) is 7.26. The summed E-state index contributed by atoms with van der Waals surface area (Å²) in [4.78, 5) is 12.3. The Morgan fingerprint density at radius 3 is 2.54 bits per heavy atom. The van der Waals surface area contributed by atoms with E-state index in [2.05, 4.69) is 15.5 Å². The molecule has 2 aromatic carbocycles. The van der Waals surface area contributed by atoms with E-state index in [9.17, 15) is 18.0 Å². The van der Waals surface area contributed by atoms with Crippen molar-refractivity contribution in [3.05, 3.63) is 71.3 Å². The summed E-state index contributed by atoms with van der Waals surface area (Å²) in [5.74, 6) is 3.62. The third-order valence-electron chi connectivity index (χ3n) is 3.85. The number of anilines is 1. The van der Waals surface area contributed by atoms with Gasteiger partial charge in [-0.2, -0.15) is 0 Å². The van der Waals surface area contributed by atoms with Gasteiger partial charge >= 0.3 is 0 Å². The molecule has 10 heteroatoms. The molecule has 1 atom stereocenters. The van der Waals surface area contributed by atoms with Crippen LogP contribution in [0.1, 0.15) is 18.3 Å². The van der Waals surface area contributed by atoms with E-state index in [1.165, 1.54) is 22.9 Å². The van der Waals surface area contributed by atoms with E-state index < -0.39 is 22.8 Å². The van der Waals surface area contributed by atoms with Gasteiger partial charge in [-0.25, -0.2) is 17.8 Å². The van der Waals surface area contributed by atoms with E-state index in [1.807, 2.05) is 0 Å². The number of carbonyl (C=O) groups is 1. The van der Waals surface area contributed by atoms with Crippen molar-refractivity contribution in [1.82, 2.24) is 14.9 Å². The molecule has 0 saturated heterocycles. The summed E-state index contributed by atoms with van der Waals surface area (Å²) in [6, 6.07) is 9.01. The number of carbonyl (C=O) groups excluding carboxylic acids is 1. The molecule has 28 heavy (non-hydrogen) atoms. The summed E-state index contributed by atoms with van der Waals surface area (Å²) in [5.41, 5.74) is 0.948. The molecule has 0 unspecified atom stereocenters. The van der Waals surface area contributed by atoms with Crippen LogP contribution in [0, 0.1) is 17.5 Å². The van der Waals surface area contributed by atoms with Crippen LogP contribution >= 0.6 is 11.8 Å². The average Bonchev–Trinajstić information content (AvgIpc) is 3.00. The molecular formula is C18H16F3N5OS. The topological polar surface area (TPSA) is 85.8 Å². The summed E-state index contributed by atoms with van der Waals surface area (Å²) < 4.78 is 40.5. The third-order valence-corrected chi connectivity index (χ3v) is 4.91. The predicted octanol–water partition coefficient (Wildman–Crippen LogP) is 3.12. The van der Waals surface area contributed by atoms with Crippen LogP contribution in [0.15, 0.2) is 47.6 Å². The Morgan fingerprint density at radius 1 is 1.14 bits per heavy atom. The van der Waals surface area contributed by atoms with Crippen LogP contribution in [-0.4, -0.2) is 26.0 Å². The maximum atomic E-state index is 13.2. The number of benzene rings is 2. The minimum atomic E-state index is -1.05. The molecule has 0 aliphatic heterocycles. The number of hydrogen-bond acceptors (Lipinski definition) is 5. The van der Waals surface area contributed by atoms with Gasteiger partial charge < -0.3 is 11.2 Å². The molecule has 0 radical (unpaired) electrons. The van der Waals surface area contributed by atoms with Crippen molar-refractivity contribution >= 4 is 23.4 Å². The number of aromatic nitrogens is 3. The van der Waals surface area contributed by atoms with Gasteiger partial charge in [0.25, 0.3) is 0 Å². The minimum absolute atomic E-state index is 0.141. The maximum Gasteiger partial charge on any atom is 0.237 e. The summed E-state index contributed by atoms with van der Waals surface area (Å²) >= 11 is 1.06. The van der Waals surface area contributed by atoms with Crippen molar-refractivity contribution in [2.24, 2.45) is 0 Å². The molecule has 146 valence electrons. The van der Waals surface area contributed by atoms with Gasteiger partial charge in [-0.05, 0) is 36.8 Å². The van der Waals surface area contributed by atoms with Crippen LogP contribution in [0.5, 0.6) is 0 Å². The number of nitrogen functional groups attached to an aromatic ring is 1. The number of nitrogens with zero attached hydrogens (tertiary/aromatic N) is 3. The fourth-order valence-corrected chi connectivity index (χ4v) is 3.11. The highest BCUT2D eigenvalue weighted by Gasteiger charge is 2.20. The fraction of sp³-hybridized carbons (Fsp3) is 0.167. The normalized spacial score (nSPS) is 12.0. The van der Waals surface area contributed by atoms with Crippen LogP contribution in [0.3, 0.4) is 0 Å². The zero-order chi connectivity index (χ0) is 20.3. The Balaban J connectivity index is 1.64. The molecule has 3 aromatic rings. The van der Waals surface area contributed by atoms with E-state index in [1.54, 1.807) is 19.1 Å². The second-order valence-electron chi connectivity index (χ2n) is 5.95. The summed E-state index contributed by atoms with van der Waals surface area (Å²) in [6.45, 7) is 1.62. The lowest BCUT2D eigenvalue weighted by molar-refractivity contribution is -0.115. The SMILES string of the molecule is C[C@@H](Sc1nnc(Cc2ccc(F)cc2)n1N)C(=O)Nc1ccc(F)c(F)c1. The van der Waals surface area contributed by atoms with Crippen LogP contribution < -0.4 is 11.2 Å². The third kappa shape index (κ3) is 4.63. The molecule has 6 nitrogen and oxygen atoms in total. The van der Waals surface area contributed by atoms with E-state index in [0.717, 1.165) is 29.5 Å². The highest BCUT2D eigenvalue weighted by Crippen LogP contribution is 2.23. The monoisotopic (exact) mass is 407 g/mol. The standard InChI is InChI=1S/C18H16F3N5OS/c1-10(17(27)23-13-6-7-14(20)15(21)9-13)28-18-25-24-16(26(18)22)8-11-2-4-12(19)5-3-11/h2-7,9-10H,8,22H2,1H3,(H,23,27)/t10-/m1/s1. The fourth-order valence-electron chi connectivity index (χ4n) is 2.32. The lowest BCUT2D eigenvalue weighted by atomic mass is 10.1. The molecule has 1 amide bonds. The molecule has 1 heterocycles. The lowest BCUT2D eigenvalue weighted by Crippen LogP contribution is -2.24. The van der Waals surface area contributed by atoms with Crippen molar-refractivity contribution in [3.8, 4) is 0 Å². The van der Waals surface area contributed by atoms with E-state index >= 15 is 0 Å². The summed E-state index contributed by atoms with van der Waals surface area (Å²) in [6.07, 6.45) is 0.347. The zero-order valence-corrected chi connectivity index (χ0v) is 15.5. The molecule has 0 aliphatic carbocycles. The number of halogens is 3. The zero-order valence-electron chi connectivity index (χ0n) is 14.7. The van der Waals surface area contributed by atoms with Crippen molar-refractivity contribution in [2.45, 2.75) is 23.8 Å². The molecule has 0 fully saturated rings. The summed E-state index contributed by atoms with van der Waals surface area (Å²) in [7, 11) is 0. The first-order valence-electron chi connectivity index (χ1n) is 8.20. The van der Waals surface area contributed by atoms with Crippen LogP contribution in [0.25, 0.3) is 0 Å². The molecule has 3 rings (SSSR count). The van der Waals surface area contributed by atoms with Crippen molar-refractivity contribution in [3.63, 3.8) is 0 Å². The number of thioether (sulfide) groups is 1. The van der Waals surface area contributed by atoms with Gasteiger partial charge in [-0.15, -0.1) is 10.2 Å². The quantitative estimate of drug-likeness (QED) is 0.484. The average molecular weight is 407 g/mol. The van der Waals surface area contributed by atoms with E-state index in [-0.39, 0.29) is 11.5 Å². The number of nitrogens with one attached hydrogen (secondary N) is 1. The Bertz CT molecular complexity index is 993. The van der Waals surface area contributed by atoms with Gasteiger partial charge in [-0.1, -0.05) is 23.9 Å². The van der Waals surface area contributed by atoms with Gasteiger partial charge in [0, 0.05) is 18.2 Å². The molecule has 3 N–H and O–H groups in total. The number of rotatable bonds is 6. The predicted molar refractivity (Wildman–Crippen MR) is 99.7 cm³/mol. The van der Waals surface area contributed by atoms with Crippen LogP contribution in [0.2, 0.25) is 0 Å². The van der Waals surface area contributed by atoms with Crippen LogP contribution in [-0.2, 0) is 11.2 Å². The van der Waals surface area contributed by atoms with Gasteiger partial charge in [0.2, 0.25) is 11.1 Å². The summed E-state index contributed by atoms with van der Waals surface area (Å²) in [5, 5.41) is 10.2. The highest BCUT2D eigenvalue weighted by atomic mass is 32.2. The van der Waals surface area contributed by atoms with Gasteiger partial charge in [0.15, 0.2) is 17.5 Å². The van der Waals surface area contributed by atoms with Crippen molar-refractivity contribution < 1.29 is 18.0 Å². The molecule has 0 spiro atoms. The molecule has 0 saturated carbocycles. The first-order chi connectivity index (χ1) is 13.3. The Morgan fingerprint density at radius 2 is 1.86 bits per heavy atom. The van der Waals surface area contributed by atoms with Crippen LogP contribution in [0.4, 0.5) is 18.9 Å². The Labute approximate surface area is 162 Å². The van der Waals surface area contributed by atoms with Crippen molar-refractivity contribution in [1.29, 1.82) is 0 Å². The van der Waals surface area contributed by atoms with Gasteiger partial charge in [0.1, 0.15) is 5.82 Å². The first-order valence-corrected chi connectivity index (χ1v) is 9.08. The van der Waals surface area contributed by atoms with Crippen molar-refractivity contribution in [2.75, 3.05) is 11.2 Å². The largest absolute Gasteiger partial charge is 0.336 e. The molecule has 0 bridgehead atoms. The minimum Gasteiger partial charge on any atom is -0.336 e. The highest BCUT2D eigenvalue weighted by molar-refractivity contribution is 8.00. The maximum absolute atomic E-state index is 13.2. The first kappa shape index (κ1) is 19.7. The smallest absolute Gasteiger partial charge is 0.237 e. The number of hydrogen-bond donors (Lipinski definition) is 2. The second kappa shape index (κ2) is 8.34. The Hall–Kier alpha value is -3.01. The van der Waals surface area contributed by atoms with Gasteiger partial charge in [0.05, 0.1) is 5.25 Å². The molecule has 0 aliphatic rings. The molecular weight excluding hydrogens is 391 g/mol. The lowest BCUT2D eigenvalue weighted by Gasteiger charge is -2.11. The van der Waals surface area contributed by atoms with Gasteiger partial charge in [-0.3, -0.25) is 4.79 Å². The number of amides is 1. The number of nitrogens with two attached hydrogens (primary N) is 1. The van der Waals surface area contributed by atoms with E-state index in [0.29, 0.717) is 17.4 Å².